The maximum Gasteiger partial charge on any atom is 0.374 e. The summed E-state index contributed by atoms with van der Waals surface area (Å²) in [6.45, 7) is 0. The number of imidazole rings is 1. The van der Waals surface area contributed by atoms with Crippen molar-refractivity contribution in [2.24, 2.45) is 0 Å². The van der Waals surface area contributed by atoms with Crippen LogP contribution in [0.5, 0.6) is 0 Å². The van der Waals surface area contributed by atoms with Crippen LogP contribution in [0.15, 0.2) is 35.1 Å². The summed E-state index contributed by atoms with van der Waals surface area (Å²) < 4.78 is 4.72. The van der Waals surface area contributed by atoms with Crippen LogP contribution in [-0.4, -0.2) is 26.2 Å². The normalized spacial score (nSPS) is 10.8. The van der Waals surface area contributed by atoms with Crippen molar-refractivity contribution in [2.45, 2.75) is 0 Å². The molecule has 0 amide bonds. The number of aromatic amines is 1. The van der Waals surface area contributed by atoms with Crippen molar-refractivity contribution in [2.75, 3.05) is 0 Å². The van der Waals surface area contributed by atoms with Crippen molar-refractivity contribution in [1.82, 2.24) is 15.1 Å². The van der Waals surface area contributed by atoms with Gasteiger partial charge in [-0.1, -0.05) is 17.3 Å². The van der Waals surface area contributed by atoms with Crippen molar-refractivity contribution >= 4 is 17.0 Å². The third kappa shape index (κ3) is 1.46. The Morgan fingerprint density at radius 2 is 2.29 bits per heavy atom. The number of para-hydroxylation sites is 1. The summed E-state index contributed by atoms with van der Waals surface area (Å²) in [4.78, 5) is 17.8. The van der Waals surface area contributed by atoms with Crippen molar-refractivity contribution in [1.29, 1.82) is 0 Å². The minimum Gasteiger partial charge on any atom is -0.475 e. The van der Waals surface area contributed by atoms with E-state index < -0.39 is 5.97 Å². The van der Waals surface area contributed by atoms with Gasteiger partial charge in [0.25, 0.3) is 0 Å². The first-order valence-electron chi connectivity index (χ1n) is 4.88. The van der Waals surface area contributed by atoms with Gasteiger partial charge in [-0.15, -0.1) is 0 Å². The smallest absolute Gasteiger partial charge is 0.374 e. The topological polar surface area (TPSA) is 92.0 Å². The van der Waals surface area contributed by atoms with Crippen LogP contribution in [0.4, 0.5) is 0 Å². The zero-order chi connectivity index (χ0) is 11.8. The van der Waals surface area contributed by atoms with Gasteiger partial charge in [0, 0.05) is 11.6 Å². The molecule has 0 unspecified atom stereocenters. The third-order valence-electron chi connectivity index (χ3n) is 2.45. The number of nitrogens with one attached hydrogen (secondary N) is 1. The van der Waals surface area contributed by atoms with E-state index in [1.165, 1.54) is 6.07 Å². The lowest BCUT2D eigenvalue weighted by Crippen LogP contribution is -1.91. The van der Waals surface area contributed by atoms with Crippen LogP contribution in [-0.2, 0) is 0 Å². The molecular weight excluding hydrogens is 222 g/mol. The summed E-state index contributed by atoms with van der Waals surface area (Å²) >= 11 is 0. The van der Waals surface area contributed by atoms with Crippen LogP contribution >= 0.6 is 0 Å². The molecule has 0 saturated heterocycles. The quantitative estimate of drug-likeness (QED) is 0.700. The lowest BCUT2D eigenvalue weighted by Gasteiger charge is -1.95. The molecule has 3 rings (SSSR count). The predicted octanol–water partition coefficient (Wildman–Crippen LogP) is 1.92. The predicted molar refractivity (Wildman–Crippen MR) is 58.6 cm³/mol. The van der Waals surface area contributed by atoms with E-state index in [1.54, 1.807) is 6.33 Å². The molecule has 0 aliphatic carbocycles. The highest BCUT2D eigenvalue weighted by atomic mass is 16.5. The number of hydrogen-bond donors (Lipinski definition) is 2. The number of aromatic carboxylic acids is 1. The first-order chi connectivity index (χ1) is 8.25. The Morgan fingerprint density at radius 3 is 3.06 bits per heavy atom. The van der Waals surface area contributed by atoms with E-state index in [2.05, 4.69) is 15.1 Å². The molecule has 0 bridgehead atoms. The van der Waals surface area contributed by atoms with Gasteiger partial charge in [0.2, 0.25) is 5.76 Å². The second-order valence-electron chi connectivity index (χ2n) is 3.49. The Balaban J connectivity index is 2.19. The van der Waals surface area contributed by atoms with Gasteiger partial charge in [0.1, 0.15) is 5.69 Å². The molecular formula is C11H7N3O3. The molecule has 0 saturated carbocycles. The van der Waals surface area contributed by atoms with E-state index in [0.717, 1.165) is 16.6 Å². The number of fused-ring (bicyclic) bond motifs is 1. The van der Waals surface area contributed by atoms with Crippen LogP contribution in [0, 0.1) is 0 Å². The maximum atomic E-state index is 10.7. The van der Waals surface area contributed by atoms with E-state index in [4.69, 9.17) is 9.63 Å². The number of carboxylic acids is 1. The maximum absolute atomic E-state index is 10.7. The fourth-order valence-corrected chi connectivity index (χ4v) is 1.68. The summed E-state index contributed by atoms with van der Waals surface area (Å²) in [6, 6.07) is 6.91. The van der Waals surface area contributed by atoms with E-state index >= 15 is 0 Å². The fraction of sp³-hybridized carbons (Fsp3) is 0. The van der Waals surface area contributed by atoms with Gasteiger partial charge in [-0.25, -0.2) is 9.78 Å². The molecule has 2 N–H and O–H groups in total. The summed E-state index contributed by atoms with van der Waals surface area (Å²) in [6.07, 6.45) is 1.58. The molecule has 17 heavy (non-hydrogen) atoms. The third-order valence-corrected chi connectivity index (χ3v) is 2.45. The first-order valence-corrected chi connectivity index (χ1v) is 4.88. The second kappa shape index (κ2) is 3.44. The lowest BCUT2D eigenvalue weighted by molar-refractivity contribution is 0.0652. The van der Waals surface area contributed by atoms with Crippen molar-refractivity contribution in [3.8, 4) is 11.3 Å². The molecule has 2 heterocycles. The number of rotatable bonds is 2. The molecule has 0 radical (unpaired) electrons. The highest BCUT2D eigenvalue weighted by molar-refractivity contribution is 5.92. The average Bonchev–Trinajstić information content (AvgIpc) is 2.97. The number of benzene rings is 1. The lowest BCUT2D eigenvalue weighted by atomic mass is 10.1. The van der Waals surface area contributed by atoms with Gasteiger partial charge >= 0.3 is 5.97 Å². The Kier molecular flexibility index (Phi) is 1.94. The summed E-state index contributed by atoms with van der Waals surface area (Å²) in [5.74, 6) is -1.33. The Hall–Kier alpha value is -2.63. The largest absolute Gasteiger partial charge is 0.475 e. The zero-order valence-electron chi connectivity index (χ0n) is 8.54. The Bertz CT molecular complexity index is 699. The summed E-state index contributed by atoms with van der Waals surface area (Å²) in [5.41, 5.74) is 2.79. The van der Waals surface area contributed by atoms with Crippen LogP contribution in [0.1, 0.15) is 10.6 Å². The van der Waals surface area contributed by atoms with E-state index in [1.807, 2.05) is 18.2 Å². The monoisotopic (exact) mass is 229 g/mol. The van der Waals surface area contributed by atoms with Crippen molar-refractivity contribution in [3.05, 3.63) is 36.4 Å². The molecule has 6 nitrogen and oxygen atoms in total. The molecule has 2 aromatic heterocycles. The zero-order valence-corrected chi connectivity index (χ0v) is 8.54. The number of H-pyrrole nitrogens is 1. The van der Waals surface area contributed by atoms with Crippen LogP contribution in [0.25, 0.3) is 22.3 Å². The molecule has 0 fully saturated rings. The van der Waals surface area contributed by atoms with Gasteiger partial charge in [-0.2, -0.15) is 0 Å². The van der Waals surface area contributed by atoms with Gasteiger partial charge in [0.05, 0.1) is 17.4 Å². The highest BCUT2D eigenvalue weighted by Crippen LogP contribution is 2.25. The SMILES string of the molecule is O=C(O)c1cc(-c2cccc3[nH]cnc23)no1. The van der Waals surface area contributed by atoms with Gasteiger partial charge in [0.15, 0.2) is 0 Å². The minimum atomic E-state index is -1.14. The van der Waals surface area contributed by atoms with Crippen LogP contribution in [0.3, 0.4) is 0 Å². The number of nitrogens with zero attached hydrogens (tertiary/aromatic N) is 2. The van der Waals surface area contributed by atoms with Gasteiger partial charge in [-0.05, 0) is 6.07 Å². The molecule has 1 aromatic carbocycles. The standard InChI is InChI=1S/C11H7N3O3/c15-11(16)9-4-8(14-17-9)6-2-1-3-7-10(6)13-5-12-7/h1-5H,(H,12,13)(H,15,16). The average molecular weight is 229 g/mol. The van der Waals surface area contributed by atoms with Crippen molar-refractivity contribution < 1.29 is 14.4 Å². The number of carboxylic acid groups (broad SMARTS) is 1. The minimum absolute atomic E-state index is 0.187. The summed E-state index contributed by atoms with van der Waals surface area (Å²) in [7, 11) is 0. The molecule has 3 aromatic rings. The molecule has 0 aliphatic heterocycles. The van der Waals surface area contributed by atoms with E-state index in [-0.39, 0.29) is 5.76 Å². The molecule has 0 atom stereocenters. The van der Waals surface area contributed by atoms with Crippen molar-refractivity contribution in [3.63, 3.8) is 0 Å². The Labute approximate surface area is 94.9 Å². The summed E-state index contributed by atoms with van der Waals surface area (Å²) in [5, 5.41) is 12.5. The van der Waals surface area contributed by atoms with E-state index in [9.17, 15) is 4.79 Å². The molecule has 0 aliphatic rings. The molecule has 0 spiro atoms. The van der Waals surface area contributed by atoms with Gasteiger partial charge < -0.3 is 14.6 Å². The first kappa shape index (κ1) is 9.59. The van der Waals surface area contributed by atoms with E-state index in [0.29, 0.717) is 5.69 Å². The van der Waals surface area contributed by atoms with Crippen LogP contribution in [0.2, 0.25) is 0 Å². The van der Waals surface area contributed by atoms with Gasteiger partial charge in [-0.3, -0.25) is 0 Å². The second-order valence-corrected chi connectivity index (χ2v) is 3.49. The molecule has 84 valence electrons. The Morgan fingerprint density at radius 1 is 1.41 bits per heavy atom. The molecule has 6 heteroatoms. The number of aromatic nitrogens is 3. The number of hydrogen-bond acceptors (Lipinski definition) is 4. The number of carbonyl (C=O) groups is 1. The van der Waals surface area contributed by atoms with Crippen LogP contribution < -0.4 is 0 Å². The highest BCUT2D eigenvalue weighted by Gasteiger charge is 2.14. The fourth-order valence-electron chi connectivity index (χ4n) is 1.68.